The fourth-order valence-corrected chi connectivity index (χ4v) is 2.20. The average molecular weight is 299 g/mol. The first kappa shape index (κ1) is 16.5. The molecule has 20 heavy (non-hydrogen) atoms. The van der Waals surface area contributed by atoms with Crippen LogP contribution in [0.5, 0.6) is 0 Å². The molecule has 5 nitrogen and oxygen atoms in total. The number of nitrogens with one attached hydrogen (secondary N) is 1. The molecule has 0 unspecified atom stereocenters. The van der Waals surface area contributed by atoms with Gasteiger partial charge in [-0.15, -0.1) is 0 Å². The summed E-state index contributed by atoms with van der Waals surface area (Å²) in [5, 5.41) is 2.70. The van der Waals surface area contributed by atoms with Crippen molar-refractivity contribution in [3.63, 3.8) is 0 Å². The number of hydrogen-bond donors (Lipinski definition) is 1. The zero-order valence-electron chi connectivity index (χ0n) is 12.4. The van der Waals surface area contributed by atoms with Crippen LogP contribution in [0.1, 0.15) is 39.3 Å². The van der Waals surface area contributed by atoms with Gasteiger partial charge in [-0.05, 0) is 45.4 Å². The normalized spacial score (nSPS) is 13.7. The van der Waals surface area contributed by atoms with Crippen LogP contribution in [0, 0.1) is 0 Å². The summed E-state index contributed by atoms with van der Waals surface area (Å²) in [6, 6.07) is 6.14. The molecule has 0 fully saturated rings. The summed E-state index contributed by atoms with van der Waals surface area (Å²) in [6.45, 7) is 7.17. The molecule has 1 N–H and O–H groups in total. The van der Waals surface area contributed by atoms with E-state index in [1.54, 1.807) is 39.8 Å². The lowest BCUT2D eigenvalue weighted by Gasteiger charge is -2.22. The van der Waals surface area contributed by atoms with Crippen molar-refractivity contribution in [2.45, 2.75) is 44.2 Å². The van der Waals surface area contributed by atoms with Gasteiger partial charge in [-0.3, -0.25) is 0 Å². The Morgan fingerprint density at radius 1 is 1.20 bits per heavy atom. The Hall–Kier alpha value is -1.56. The molecule has 1 rings (SSSR count). The van der Waals surface area contributed by atoms with E-state index in [-0.39, 0.29) is 10.9 Å². The molecule has 0 aliphatic carbocycles. The minimum atomic E-state index is -3.20. The van der Waals surface area contributed by atoms with Crippen molar-refractivity contribution >= 4 is 15.9 Å². The highest BCUT2D eigenvalue weighted by Gasteiger charge is 2.18. The molecular weight excluding hydrogens is 278 g/mol. The highest BCUT2D eigenvalue weighted by molar-refractivity contribution is 7.90. The van der Waals surface area contributed by atoms with Crippen LogP contribution in [0.25, 0.3) is 0 Å². The molecule has 0 aliphatic rings. The van der Waals surface area contributed by atoms with Crippen LogP contribution in [-0.2, 0) is 14.6 Å². The number of rotatable bonds is 3. The third-order valence-electron chi connectivity index (χ3n) is 2.54. The molecule has 6 heteroatoms. The molecule has 112 valence electrons. The van der Waals surface area contributed by atoms with E-state index in [2.05, 4.69) is 5.32 Å². The Labute approximate surface area is 120 Å². The van der Waals surface area contributed by atoms with E-state index in [4.69, 9.17) is 4.74 Å². The molecule has 0 radical (unpaired) electrons. The summed E-state index contributed by atoms with van der Waals surface area (Å²) in [7, 11) is -3.20. The van der Waals surface area contributed by atoms with Crippen LogP contribution in [0.3, 0.4) is 0 Å². The van der Waals surface area contributed by atoms with Gasteiger partial charge in [0.15, 0.2) is 9.84 Å². The molecule has 0 spiro atoms. The topological polar surface area (TPSA) is 72.5 Å². The average Bonchev–Trinajstić information content (AvgIpc) is 2.25. The summed E-state index contributed by atoms with van der Waals surface area (Å²) in [6.07, 6.45) is 0.655. The number of carbonyl (C=O) groups is 1. The summed E-state index contributed by atoms with van der Waals surface area (Å²) in [5.41, 5.74) is 0.257. The molecule has 0 heterocycles. The molecular formula is C14H21NO4S. The van der Waals surface area contributed by atoms with Crippen molar-refractivity contribution in [1.82, 2.24) is 5.32 Å². The van der Waals surface area contributed by atoms with E-state index >= 15 is 0 Å². The quantitative estimate of drug-likeness (QED) is 0.931. The SMILES string of the molecule is C[C@@H](NC(=O)OC(C)(C)C)c1ccc(S(C)(=O)=O)cc1. The number of hydrogen-bond acceptors (Lipinski definition) is 4. The summed E-state index contributed by atoms with van der Waals surface area (Å²) >= 11 is 0. The fraction of sp³-hybridized carbons (Fsp3) is 0.500. The van der Waals surface area contributed by atoms with Crippen LogP contribution in [0.15, 0.2) is 29.2 Å². The molecule has 0 saturated carbocycles. The molecule has 1 amide bonds. The van der Waals surface area contributed by atoms with E-state index in [0.717, 1.165) is 11.8 Å². The highest BCUT2D eigenvalue weighted by Crippen LogP contribution is 2.17. The Morgan fingerprint density at radius 3 is 2.10 bits per heavy atom. The maximum absolute atomic E-state index is 11.6. The molecule has 1 aromatic rings. The molecule has 0 aromatic heterocycles. The summed E-state index contributed by atoms with van der Waals surface area (Å²) < 4.78 is 27.9. The molecule has 1 aromatic carbocycles. The second-order valence-electron chi connectivity index (χ2n) is 5.71. The number of ether oxygens (including phenoxy) is 1. The standard InChI is InChI=1S/C14H21NO4S/c1-10(15-13(16)19-14(2,3)4)11-6-8-12(9-7-11)20(5,17)18/h6-10H,1-5H3,(H,15,16)/t10-/m1/s1. The van der Waals surface area contributed by atoms with Gasteiger partial charge in [-0.1, -0.05) is 12.1 Å². The van der Waals surface area contributed by atoms with Gasteiger partial charge in [0.1, 0.15) is 5.60 Å². The Morgan fingerprint density at radius 2 is 1.70 bits per heavy atom. The Kier molecular flexibility index (Phi) is 4.81. The molecule has 1 atom stereocenters. The van der Waals surface area contributed by atoms with Crippen molar-refractivity contribution < 1.29 is 17.9 Å². The first-order chi connectivity index (χ1) is 8.99. The van der Waals surface area contributed by atoms with Crippen molar-refractivity contribution in [3.05, 3.63) is 29.8 Å². The van der Waals surface area contributed by atoms with Crippen molar-refractivity contribution in [2.75, 3.05) is 6.26 Å². The molecule has 0 aliphatic heterocycles. The second-order valence-corrected chi connectivity index (χ2v) is 7.72. The number of carbonyl (C=O) groups excluding carboxylic acids is 1. The lowest BCUT2D eigenvalue weighted by Crippen LogP contribution is -2.34. The molecule has 0 bridgehead atoms. The van der Waals surface area contributed by atoms with Crippen LogP contribution in [0.2, 0.25) is 0 Å². The van der Waals surface area contributed by atoms with E-state index in [1.807, 2.05) is 0 Å². The largest absolute Gasteiger partial charge is 0.444 e. The van der Waals surface area contributed by atoms with Gasteiger partial charge < -0.3 is 10.1 Å². The lowest BCUT2D eigenvalue weighted by atomic mass is 10.1. The highest BCUT2D eigenvalue weighted by atomic mass is 32.2. The maximum atomic E-state index is 11.6. The van der Waals surface area contributed by atoms with E-state index < -0.39 is 21.5 Å². The first-order valence-electron chi connectivity index (χ1n) is 6.28. The van der Waals surface area contributed by atoms with E-state index in [9.17, 15) is 13.2 Å². The zero-order valence-corrected chi connectivity index (χ0v) is 13.2. The van der Waals surface area contributed by atoms with E-state index in [1.165, 1.54) is 12.1 Å². The summed E-state index contributed by atoms with van der Waals surface area (Å²) in [4.78, 5) is 11.9. The number of alkyl carbamates (subject to hydrolysis) is 1. The second kappa shape index (κ2) is 5.83. The smallest absolute Gasteiger partial charge is 0.408 e. The van der Waals surface area contributed by atoms with Crippen LogP contribution in [-0.4, -0.2) is 26.4 Å². The third kappa shape index (κ3) is 5.21. The predicted octanol–water partition coefficient (Wildman–Crippen LogP) is 2.68. The minimum Gasteiger partial charge on any atom is -0.444 e. The maximum Gasteiger partial charge on any atom is 0.408 e. The number of amides is 1. The van der Waals surface area contributed by atoms with Crippen LogP contribution in [0.4, 0.5) is 4.79 Å². The van der Waals surface area contributed by atoms with Gasteiger partial charge in [-0.2, -0.15) is 0 Å². The molecule has 0 saturated heterocycles. The van der Waals surface area contributed by atoms with Crippen molar-refractivity contribution in [2.24, 2.45) is 0 Å². The van der Waals surface area contributed by atoms with Gasteiger partial charge in [0, 0.05) is 6.26 Å². The van der Waals surface area contributed by atoms with Crippen LogP contribution >= 0.6 is 0 Å². The van der Waals surface area contributed by atoms with Crippen LogP contribution < -0.4 is 5.32 Å². The summed E-state index contributed by atoms with van der Waals surface area (Å²) in [5.74, 6) is 0. The van der Waals surface area contributed by atoms with Gasteiger partial charge in [-0.25, -0.2) is 13.2 Å². The van der Waals surface area contributed by atoms with Gasteiger partial charge in [0.2, 0.25) is 0 Å². The van der Waals surface area contributed by atoms with Gasteiger partial charge >= 0.3 is 6.09 Å². The Bertz CT molecular complexity index is 570. The lowest BCUT2D eigenvalue weighted by molar-refractivity contribution is 0.0508. The number of sulfone groups is 1. The van der Waals surface area contributed by atoms with Gasteiger partial charge in [0.05, 0.1) is 10.9 Å². The van der Waals surface area contributed by atoms with E-state index in [0.29, 0.717) is 0 Å². The Balaban J connectivity index is 2.74. The predicted molar refractivity (Wildman–Crippen MR) is 77.3 cm³/mol. The third-order valence-corrected chi connectivity index (χ3v) is 3.67. The van der Waals surface area contributed by atoms with Crippen molar-refractivity contribution in [3.8, 4) is 0 Å². The zero-order chi connectivity index (χ0) is 15.6. The minimum absolute atomic E-state index is 0.255. The fourth-order valence-electron chi connectivity index (χ4n) is 1.57. The number of benzene rings is 1. The monoisotopic (exact) mass is 299 g/mol. The first-order valence-corrected chi connectivity index (χ1v) is 8.18. The van der Waals surface area contributed by atoms with Gasteiger partial charge in [0.25, 0.3) is 0 Å². The van der Waals surface area contributed by atoms with Crippen molar-refractivity contribution in [1.29, 1.82) is 0 Å².